The van der Waals surface area contributed by atoms with Crippen LogP contribution >= 0.6 is 0 Å². The Labute approximate surface area is 102 Å². The van der Waals surface area contributed by atoms with Crippen molar-refractivity contribution >= 4 is 6.08 Å². The van der Waals surface area contributed by atoms with E-state index in [1.807, 2.05) is 30.3 Å². The predicted octanol–water partition coefficient (Wildman–Crippen LogP) is 3.27. The third-order valence-corrected chi connectivity index (χ3v) is 2.76. The van der Waals surface area contributed by atoms with E-state index < -0.39 is 0 Å². The van der Waals surface area contributed by atoms with Crippen LogP contribution in [0.4, 0.5) is 0 Å². The highest BCUT2D eigenvalue weighted by atomic mass is 16.5. The zero-order valence-corrected chi connectivity index (χ0v) is 10.0. The lowest BCUT2D eigenvalue weighted by atomic mass is 10.0. The number of para-hydroxylation sites is 1. The Bertz CT molecular complexity index is 483. The minimum atomic E-state index is 0.886. The molecule has 1 aromatic rings. The molecule has 2 nitrogen and oxygen atoms in total. The molecule has 0 aliphatic heterocycles. The number of methoxy groups -OCH3 is 1. The Balaban J connectivity index is 2.18. The van der Waals surface area contributed by atoms with Crippen LogP contribution in [0, 0.1) is 0 Å². The maximum absolute atomic E-state index is 5.81. The van der Waals surface area contributed by atoms with Crippen LogP contribution in [0.3, 0.4) is 0 Å². The second-order valence-corrected chi connectivity index (χ2v) is 4.04. The van der Waals surface area contributed by atoms with Gasteiger partial charge in [-0.1, -0.05) is 36.4 Å². The van der Waals surface area contributed by atoms with Gasteiger partial charge in [0.15, 0.2) is 0 Å². The SMILES string of the molecule is COc1ccccc1/C=C/C1=CCCC(N)=C1. The lowest BCUT2D eigenvalue weighted by Crippen LogP contribution is -2.00. The van der Waals surface area contributed by atoms with Gasteiger partial charge >= 0.3 is 0 Å². The zero-order chi connectivity index (χ0) is 12.1. The minimum absolute atomic E-state index is 0.886. The van der Waals surface area contributed by atoms with Crippen molar-refractivity contribution in [3.63, 3.8) is 0 Å². The van der Waals surface area contributed by atoms with Crippen molar-refractivity contribution in [2.45, 2.75) is 12.8 Å². The summed E-state index contributed by atoms with van der Waals surface area (Å²) < 4.78 is 5.30. The van der Waals surface area contributed by atoms with Crippen molar-refractivity contribution < 1.29 is 4.74 Å². The largest absolute Gasteiger partial charge is 0.496 e. The van der Waals surface area contributed by atoms with Crippen LogP contribution in [0.15, 0.2) is 53.8 Å². The van der Waals surface area contributed by atoms with Crippen LogP contribution in [0.2, 0.25) is 0 Å². The monoisotopic (exact) mass is 227 g/mol. The van der Waals surface area contributed by atoms with Crippen LogP contribution < -0.4 is 10.5 Å². The standard InChI is InChI=1S/C15H17NO/c1-17-15-8-3-2-6-13(15)10-9-12-5-4-7-14(16)11-12/h2-3,5-6,8-11H,4,7,16H2,1H3/b10-9+. The third-order valence-electron chi connectivity index (χ3n) is 2.76. The summed E-state index contributed by atoms with van der Waals surface area (Å²) in [6, 6.07) is 7.96. The summed E-state index contributed by atoms with van der Waals surface area (Å²) >= 11 is 0. The molecule has 0 atom stereocenters. The van der Waals surface area contributed by atoms with Gasteiger partial charge in [0.2, 0.25) is 0 Å². The fourth-order valence-corrected chi connectivity index (χ4v) is 1.86. The maximum atomic E-state index is 5.81. The van der Waals surface area contributed by atoms with E-state index in [0.29, 0.717) is 0 Å². The molecule has 0 radical (unpaired) electrons. The number of rotatable bonds is 3. The topological polar surface area (TPSA) is 35.2 Å². The first-order valence-corrected chi connectivity index (χ1v) is 5.77. The molecule has 2 rings (SSSR count). The molecule has 2 heteroatoms. The van der Waals surface area contributed by atoms with Crippen molar-refractivity contribution in [3.05, 3.63) is 59.3 Å². The number of hydrogen-bond acceptors (Lipinski definition) is 2. The lowest BCUT2D eigenvalue weighted by molar-refractivity contribution is 0.414. The molecular formula is C15H17NO. The number of benzene rings is 1. The molecule has 0 aromatic heterocycles. The first-order chi connectivity index (χ1) is 8.29. The van der Waals surface area contributed by atoms with Gasteiger partial charge in [-0.05, 0) is 30.6 Å². The Morgan fingerprint density at radius 1 is 1.24 bits per heavy atom. The van der Waals surface area contributed by atoms with E-state index in [2.05, 4.69) is 18.2 Å². The minimum Gasteiger partial charge on any atom is -0.496 e. The fraction of sp³-hybridized carbons (Fsp3) is 0.200. The van der Waals surface area contributed by atoms with Gasteiger partial charge < -0.3 is 10.5 Å². The highest BCUT2D eigenvalue weighted by Crippen LogP contribution is 2.21. The van der Waals surface area contributed by atoms with Crippen molar-refractivity contribution in [1.82, 2.24) is 0 Å². The number of nitrogens with two attached hydrogens (primary N) is 1. The summed E-state index contributed by atoms with van der Waals surface area (Å²) in [5.74, 6) is 0.886. The third kappa shape index (κ3) is 3.00. The molecule has 88 valence electrons. The van der Waals surface area contributed by atoms with Gasteiger partial charge in [-0.15, -0.1) is 0 Å². The lowest BCUT2D eigenvalue weighted by Gasteiger charge is -2.07. The van der Waals surface area contributed by atoms with Crippen molar-refractivity contribution in [1.29, 1.82) is 0 Å². The van der Waals surface area contributed by atoms with E-state index in [1.54, 1.807) is 7.11 Å². The van der Waals surface area contributed by atoms with Crippen molar-refractivity contribution in [3.8, 4) is 5.75 Å². The number of ether oxygens (including phenoxy) is 1. The van der Waals surface area contributed by atoms with Crippen LogP contribution in [0.1, 0.15) is 18.4 Å². The van der Waals surface area contributed by atoms with Gasteiger partial charge in [0.05, 0.1) is 7.11 Å². The van der Waals surface area contributed by atoms with Crippen LogP contribution in [-0.4, -0.2) is 7.11 Å². The second-order valence-electron chi connectivity index (χ2n) is 4.04. The Kier molecular flexibility index (Phi) is 3.66. The molecule has 0 saturated heterocycles. The van der Waals surface area contributed by atoms with Crippen LogP contribution in [-0.2, 0) is 0 Å². The number of hydrogen-bond donors (Lipinski definition) is 1. The van der Waals surface area contributed by atoms with E-state index in [-0.39, 0.29) is 0 Å². The Morgan fingerprint density at radius 2 is 2.06 bits per heavy atom. The van der Waals surface area contributed by atoms with E-state index in [4.69, 9.17) is 10.5 Å². The maximum Gasteiger partial charge on any atom is 0.126 e. The van der Waals surface area contributed by atoms with E-state index >= 15 is 0 Å². The molecule has 0 unspecified atom stereocenters. The molecular weight excluding hydrogens is 210 g/mol. The summed E-state index contributed by atoms with van der Waals surface area (Å²) in [6.45, 7) is 0. The van der Waals surface area contributed by atoms with Gasteiger partial charge in [-0.25, -0.2) is 0 Å². The summed E-state index contributed by atoms with van der Waals surface area (Å²) in [4.78, 5) is 0. The smallest absolute Gasteiger partial charge is 0.126 e. The van der Waals surface area contributed by atoms with Gasteiger partial charge in [0.1, 0.15) is 5.75 Å². The number of allylic oxidation sites excluding steroid dienone is 5. The molecule has 0 saturated carbocycles. The highest BCUT2D eigenvalue weighted by molar-refractivity contribution is 5.60. The van der Waals surface area contributed by atoms with E-state index in [1.165, 1.54) is 5.57 Å². The van der Waals surface area contributed by atoms with Gasteiger partial charge in [-0.3, -0.25) is 0 Å². The molecule has 17 heavy (non-hydrogen) atoms. The summed E-state index contributed by atoms with van der Waals surface area (Å²) in [5, 5.41) is 0. The zero-order valence-electron chi connectivity index (χ0n) is 10.0. The predicted molar refractivity (Wildman–Crippen MR) is 71.6 cm³/mol. The summed E-state index contributed by atoms with van der Waals surface area (Å²) in [7, 11) is 1.68. The van der Waals surface area contributed by atoms with Crippen molar-refractivity contribution in [2.75, 3.05) is 7.11 Å². The first-order valence-electron chi connectivity index (χ1n) is 5.77. The Morgan fingerprint density at radius 3 is 2.82 bits per heavy atom. The molecule has 0 spiro atoms. The molecule has 0 bridgehead atoms. The molecule has 2 N–H and O–H groups in total. The summed E-state index contributed by atoms with van der Waals surface area (Å²) in [6.07, 6.45) is 10.3. The molecule has 1 aliphatic carbocycles. The average Bonchev–Trinajstić information content (AvgIpc) is 2.37. The molecule has 0 fully saturated rings. The summed E-state index contributed by atoms with van der Waals surface area (Å²) in [5.41, 5.74) is 9.01. The highest BCUT2D eigenvalue weighted by Gasteiger charge is 2.00. The molecule has 0 heterocycles. The molecule has 1 aromatic carbocycles. The van der Waals surface area contributed by atoms with Crippen molar-refractivity contribution in [2.24, 2.45) is 5.73 Å². The fourth-order valence-electron chi connectivity index (χ4n) is 1.86. The van der Waals surface area contributed by atoms with Gasteiger partial charge in [0.25, 0.3) is 0 Å². The normalized spacial score (nSPS) is 15.6. The molecule has 1 aliphatic rings. The quantitative estimate of drug-likeness (QED) is 0.860. The van der Waals surface area contributed by atoms with E-state index in [9.17, 15) is 0 Å². The van der Waals surface area contributed by atoms with E-state index in [0.717, 1.165) is 29.9 Å². The molecule has 0 amide bonds. The van der Waals surface area contributed by atoms with Gasteiger partial charge in [0, 0.05) is 11.3 Å². The van der Waals surface area contributed by atoms with Crippen LogP contribution in [0.5, 0.6) is 5.75 Å². The van der Waals surface area contributed by atoms with Gasteiger partial charge in [-0.2, -0.15) is 0 Å². The first kappa shape index (κ1) is 11.5. The average molecular weight is 227 g/mol. The Hall–Kier alpha value is -1.96. The second kappa shape index (κ2) is 5.39. The van der Waals surface area contributed by atoms with Crippen LogP contribution in [0.25, 0.3) is 6.08 Å².